The zero-order valence-corrected chi connectivity index (χ0v) is 14.2. The van der Waals surface area contributed by atoms with Crippen LogP contribution >= 0.6 is 27.5 Å². The molecule has 4 nitrogen and oxygen atoms in total. The first-order chi connectivity index (χ1) is 10.1. The maximum atomic E-state index is 12.5. The standard InChI is InChI=1S/C15H19BrClN3O/c16-13-9-11(1-2-14(13)17)15(21)20-7-5-19(6-8-20)12-3-4-18-10-12/h1-2,9,12,18H,3-8,10H2. The largest absolute Gasteiger partial charge is 0.336 e. The summed E-state index contributed by atoms with van der Waals surface area (Å²) in [5, 5.41) is 4.03. The van der Waals surface area contributed by atoms with Crippen molar-refractivity contribution in [3.63, 3.8) is 0 Å². The van der Waals surface area contributed by atoms with E-state index in [4.69, 9.17) is 11.6 Å². The van der Waals surface area contributed by atoms with Crippen molar-refractivity contribution in [3.05, 3.63) is 33.3 Å². The molecular formula is C15H19BrClN3O. The minimum atomic E-state index is 0.0940. The minimum absolute atomic E-state index is 0.0940. The zero-order valence-electron chi connectivity index (χ0n) is 11.8. The predicted molar refractivity (Wildman–Crippen MR) is 87.9 cm³/mol. The Kier molecular flexibility index (Phi) is 4.84. The molecule has 2 saturated heterocycles. The highest BCUT2D eigenvalue weighted by atomic mass is 79.9. The summed E-state index contributed by atoms with van der Waals surface area (Å²) < 4.78 is 0.769. The van der Waals surface area contributed by atoms with Gasteiger partial charge in [-0.1, -0.05) is 11.6 Å². The highest BCUT2D eigenvalue weighted by molar-refractivity contribution is 9.10. The van der Waals surface area contributed by atoms with Crippen LogP contribution in [0.5, 0.6) is 0 Å². The van der Waals surface area contributed by atoms with Gasteiger partial charge in [0.25, 0.3) is 5.91 Å². The molecule has 3 rings (SSSR count). The molecule has 114 valence electrons. The second-order valence-corrected chi connectivity index (χ2v) is 6.87. The molecule has 1 amide bonds. The Morgan fingerprint density at radius 2 is 2.05 bits per heavy atom. The Morgan fingerprint density at radius 1 is 1.29 bits per heavy atom. The van der Waals surface area contributed by atoms with Gasteiger partial charge >= 0.3 is 0 Å². The fourth-order valence-electron chi connectivity index (χ4n) is 3.05. The number of rotatable bonds is 2. The second-order valence-electron chi connectivity index (χ2n) is 5.60. The first kappa shape index (κ1) is 15.3. The van der Waals surface area contributed by atoms with Crippen LogP contribution in [0.4, 0.5) is 0 Å². The summed E-state index contributed by atoms with van der Waals surface area (Å²) in [6.07, 6.45) is 1.22. The maximum Gasteiger partial charge on any atom is 0.253 e. The Labute approximate surface area is 138 Å². The van der Waals surface area contributed by atoms with Gasteiger partial charge < -0.3 is 10.2 Å². The number of piperazine rings is 1. The van der Waals surface area contributed by atoms with E-state index >= 15 is 0 Å². The first-order valence-corrected chi connectivity index (χ1v) is 8.51. The number of benzene rings is 1. The third-order valence-corrected chi connectivity index (χ3v) is 5.53. The van der Waals surface area contributed by atoms with Crippen LogP contribution < -0.4 is 5.32 Å². The molecular weight excluding hydrogens is 354 g/mol. The fourth-order valence-corrected chi connectivity index (χ4v) is 3.55. The van der Waals surface area contributed by atoms with E-state index < -0.39 is 0 Å². The topological polar surface area (TPSA) is 35.6 Å². The zero-order chi connectivity index (χ0) is 14.8. The Bertz CT molecular complexity index is 526. The van der Waals surface area contributed by atoms with Crippen molar-refractivity contribution in [3.8, 4) is 0 Å². The number of carbonyl (C=O) groups excluding carboxylic acids is 1. The minimum Gasteiger partial charge on any atom is -0.336 e. The smallest absolute Gasteiger partial charge is 0.253 e. The molecule has 0 spiro atoms. The number of halogens is 2. The van der Waals surface area contributed by atoms with Crippen molar-refractivity contribution in [2.24, 2.45) is 0 Å². The molecule has 1 aromatic carbocycles. The summed E-state index contributed by atoms with van der Waals surface area (Å²) in [6.45, 7) is 5.73. The molecule has 2 heterocycles. The van der Waals surface area contributed by atoms with Crippen molar-refractivity contribution in [1.82, 2.24) is 15.1 Å². The fraction of sp³-hybridized carbons (Fsp3) is 0.533. The molecule has 1 atom stereocenters. The number of nitrogens with zero attached hydrogens (tertiary/aromatic N) is 2. The van der Waals surface area contributed by atoms with Gasteiger partial charge in [-0.2, -0.15) is 0 Å². The second kappa shape index (κ2) is 6.65. The monoisotopic (exact) mass is 371 g/mol. The van der Waals surface area contributed by atoms with E-state index in [1.807, 2.05) is 4.90 Å². The SMILES string of the molecule is O=C(c1ccc(Cl)c(Br)c1)N1CCN(C2CCNC2)CC1. The normalized spacial score (nSPS) is 23.5. The van der Waals surface area contributed by atoms with Crippen LogP contribution in [0.25, 0.3) is 0 Å². The molecule has 1 unspecified atom stereocenters. The summed E-state index contributed by atoms with van der Waals surface area (Å²) >= 11 is 9.35. The first-order valence-electron chi connectivity index (χ1n) is 7.34. The number of carbonyl (C=O) groups is 1. The highest BCUT2D eigenvalue weighted by Crippen LogP contribution is 2.24. The van der Waals surface area contributed by atoms with Gasteiger partial charge in [0, 0.05) is 48.8 Å². The molecule has 6 heteroatoms. The molecule has 0 aromatic heterocycles. The molecule has 1 aromatic rings. The Hall–Kier alpha value is -0.620. The van der Waals surface area contributed by atoms with Gasteiger partial charge in [-0.25, -0.2) is 0 Å². The van der Waals surface area contributed by atoms with Crippen molar-refractivity contribution in [2.75, 3.05) is 39.3 Å². The molecule has 2 aliphatic heterocycles. The van der Waals surface area contributed by atoms with Gasteiger partial charge in [0.05, 0.1) is 5.02 Å². The van der Waals surface area contributed by atoms with Crippen molar-refractivity contribution < 1.29 is 4.79 Å². The lowest BCUT2D eigenvalue weighted by molar-refractivity contribution is 0.0584. The predicted octanol–water partition coefficient (Wildman–Crippen LogP) is 2.22. The molecule has 0 radical (unpaired) electrons. The van der Waals surface area contributed by atoms with Gasteiger partial charge in [-0.3, -0.25) is 9.69 Å². The average Bonchev–Trinajstić information content (AvgIpc) is 3.04. The number of hydrogen-bond acceptors (Lipinski definition) is 3. The van der Waals surface area contributed by atoms with Gasteiger partial charge in [0.2, 0.25) is 0 Å². The van der Waals surface area contributed by atoms with Crippen LogP contribution in [0.3, 0.4) is 0 Å². The van der Waals surface area contributed by atoms with E-state index in [0.717, 1.165) is 43.7 Å². The van der Waals surface area contributed by atoms with Crippen LogP contribution in [0.1, 0.15) is 16.8 Å². The molecule has 0 saturated carbocycles. The molecule has 1 N–H and O–H groups in total. The Morgan fingerprint density at radius 3 is 2.67 bits per heavy atom. The lowest BCUT2D eigenvalue weighted by atomic mass is 10.1. The van der Waals surface area contributed by atoms with E-state index in [2.05, 4.69) is 26.1 Å². The van der Waals surface area contributed by atoms with Gasteiger partial charge in [0.15, 0.2) is 0 Å². The van der Waals surface area contributed by atoms with Crippen molar-refractivity contribution >= 4 is 33.4 Å². The average molecular weight is 373 g/mol. The van der Waals surface area contributed by atoms with Crippen LogP contribution in [-0.2, 0) is 0 Å². The highest BCUT2D eigenvalue weighted by Gasteiger charge is 2.28. The molecule has 2 aliphatic rings. The lowest BCUT2D eigenvalue weighted by Gasteiger charge is -2.37. The third-order valence-electron chi connectivity index (χ3n) is 4.32. The van der Waals surface area contributed by atoms with Gasteiger partial charge in [0.1, 0.15) is 0 Å². The van der Waals surface area contributed by atoms with Crippen molar-refractivity contribution in [2.45, 2.75) is 12.5 Å². The summed E-state index contributed by atoms with van der Waals surface area (Å²) in [5.74, 6) is 0.0940. The lowest BCUT2D eigenvalue weighted by Crippen LogP contribution is -2.52. The summed E-state index contributed by atoms with van der Waals surface area (Å²) in [6, 6.07) is 6.01. The summed E-state index contributed by atoms with van der Waals surface area (Å²) in [7, 11) is 0. The van der Waals surface area contributed by atoms with E-state index in [0.29, 0.717) is 16.6 Å². The number of hydrogen-bond donors (Lipinski definition) is 1. The van der Waals surface area contributed by atoms with Crippen LogP contribution in [0, 0.1) is 0 Å². The Balaban J connectivity index is 1.60. The maximum absolute atomic E-state index is 12.5. The van der Waals surface area contributed by atoms with Crippen LogP contribution in [-0.4, -0.2) is 61.0 Å². The summed E-state index contributed by atoms with van der Waals surface area (Å²) in [4.78, 5) is 17.0. The van der Waals surface area contributed by atoms with Gasteiger partial charge in [-0.05, 0) is 47.1 Å². The quantitative estimate of drug-likeness (QED) is 0.865. The third kappa shape index (κ3) is 3.42. The van der Waals surface area contributed by atoms with Crippen LogP contribution in [0.15, 0.2) is 22.7 Å². The van der Waals surface area contributed by atoms with E-state index in [9.17, 15) is 4.79 Å². The van der Waals surface area contributed by atoms with Crippen LogP contribution in [0.2, 0.25) is 5.02 Å². The van der Waals surface area contributed by atoms with Crippen molar-refractivity contribution in [1.29, 1.82) is 0 Å². The van der Waals surface area contributed by atoms with E-state index in [1.54, 1.807) is 18.2 Å². The molecule has 2 fully saturated rings. The molecule has 0 bridgehead atoms. The van der Waals surface area contributed by atoms with Gasteiger partial charge in [-0.15, -0.1) is 0 Å². The molecule has 21 heavy (non-hydrogen) atoms. The number of amides is 1. The molecule has 0 aliphatic carbocycles. The summed E-state index contributed by atoms with van der Waals surface area (Å²) in [5.41, 5.74) is 0.697. The number of nitrogens with one attached hydrogen (secondary N) is 1. The van der Waals surface area contributed by atoms with E-state index in [-0.39, 0.29) is 5.91 Å². The van der Waals surface area contributed by atoms with E-state index in [1.165, 1.54) is 6.42 Å².